The molecule has 0 aliphatic heterocycles. The Bertz CT molecular complexity index is 2400. The fraction of sp³-hybridized carbons (Fsp3) is 0.326. The highest BCUT2D eigenvalue weighted by molar-refractivity contribution is 7.20. The summed E-state index contributed by atoms with van der Waals surface area (Å²) in [5, 5.41) is 2.05. The first kappa shape index (κ1) is 31.7. The maximum Gasteiger partial charge on any atom is 0.145 e. The Morgan fingerprint density at radius 1 is 0.796 bits per heavy atom. The molecule has 4 aromatic heterocycles. The molecule has 0 atom stereocenters. The molecule has 49 heavy (non-hydrogen) atoms. The minimum atomic E-state index is -0.0930. The maximum atomic E-state index is 6.88. The molecule has 7 aromatic rings. The molecule has 0 amide bonds. The lowest BCUT2D eigenvalue weighted by Gasteiger charge is -2.29. The van der Waals surface area contributed by atoms with E-state index in [1.807, 2.05) is 29.7 Å². The molecular weight excluding hydrogens is 623 g/mol. The second kappa shape index (κ2) is 11.2. The molecule has 6 heteroatoms. The first-order valence-electron chi connectivity index (χ1n) is 17.3. The summed E-state index contributed by atoms with van der Waals surface area (Å²) in [5.74, 6) is 1.50. The number of aromatic nitrogens is 3. The van der Waals surface area contributed by atoms with Crippen molar-refractivity contribution < 1.29 is 9.15 Å². The van der Waals surface area contributed by atoms with Crippen LogP contribution in [0.5, 0.6) is 11.5 Å². The number of hydrogen-bond acceptors (Lipinski definition) is 6. The second-order valence-electron chi connectivity index (χ2n) is 16.3. The highest BCUT2D eigenvalue weighted by Crippen LogP contribution is 2.49. The molecule has 0 radical (unpaired) electrons. The number of benzene rings is 3. The van der Waals surface area contributed by atoms with Gasteiger partial charge in [0.2, 0.25) is 0 Å². The van der Waals surface area contributed by atoms with E-state index in [-0.39, 0.29) is 16.2 Å². The van der Waals surface area contributed by atoms with Gasteiger partial charge in [-0.05, 0) is 101 Å². The molecule has 0 saturated carbocycles. The van der Waals surface area contributed by atoms with Crippen LogP contribution >= 0.6 is 11.3 Å². The molecule has 5 nitrogen and oxygen atoms in total. The van der Waals surface area contributed by atoms with Crippen LogP contribution < -0.4 is 4.74 Å². The summed E-state index contributed by atoms with van der Waals surface area (Å²) < 4.78 is 14.6. The monoisotopic (exact) mass is 665 g/mol. The Kier molecular flexibility index (Phi) is 7.27. The lowest BCUT2D eigenvalue weighted by Crippen LogP contribution is -2.21. The van der Waals surface area contributed by atoms with E-state index in [2.05, 4.69) is 110 Å². The third kappa shape index (κ3) is 5.60. The first-order chi connectivity index (χ1) is 23.3. The highest BCUT2D eigenvalue weighted by atomic mass is 32.1. The summed E-state index contributed by atoms with van der Waals surface area (Å²) in [6.07, 6.45) is 7.03. The molecule has 1 aliphatic carbocycles. The molecule has 0 saturated heterocycles. The Labute approximate surface area is 292 Å². The Morgan fingerprint density at radius 3 is 2.37 bits per heavy atom. The average Bonchev–Trinajstić information content (AvgIpc) is 3.63. The molecule has 0 bridgehead atoms. The van der Waals surface area contributed by atoms with Crippen molar-refractivity contribution in [2.45, 2.75) is 90.9 Å². The van der Waals surface area contributed by atoms with Gasteiger partial charge in [-0.3, -0.25) is 4.98 Å². The number of rotatable bonds is 4. The van der Waals surface area contributed by atoms with Gasteiger partial charge in [0.05, 0.1) is 21.6 Å². The van der Waals surface area contributed by atoms with E-state index in [4.69, 9.17) is 24.1 Å². The van der Waals surface area contributed by atoms with Gasteiger partial charge in [-0.15, -0.1) is 11.3 Å². The smallest absolute Gasteiger partial charge is 0.145 e. The molecule has 0 N–H and O–H groups in total. The van der Waals surface area contributed by atoms with Crippen LogP contribution in [0, 0.1) is 0 Å². The van der Waals surface area contributed by atoms with Crippen LogP contribution in [0.25, 0.3) is 54.7 Å². The largest absolute Gasteiger partial charge is 0.457 e. The Morgan fingerprint density at radius 2 is 1.57 bits per heavy atom. The van der Waals surface area contributed by atoms with Crippen molar-refractivity contribution in [3.63, 3.8) is 0 Å². The lowest BCUT2D eigenvalue weighted by molar-refractivity contribution is 0.443. The van der Waals surface area contributed by atoms with Crippen LogP contribution in [0.1, 0.15) is 89.8 Å². The van der Waals surface area contributed by atoms with Crippen molar-refractivity contribution in [3.8, 4) is 34.0 Å². The summed E-state index contributed by atoms with van der Waals surface area (Å²) >= 11 is 1.85. The van der Waals surface area contributed by atoms with Gasteiger partial charge < -0.3 is 9.15 Å². The molecule has 4 heterocycles. The summed E-state index contributed by atoms with van der Waals surface area (Å²) in [6, 6.07) is 23.2. The number of aryl methyl sites for hydroxylation is 1. The van der Waals surface area contributed by atoms with E-state index in [1.165, 1.54) is 34.4 Å². The van der Waals surface area contributed by atoms with Gasteiger partial charge in [0, 0.05) is 33.0 Å². The molecular formula is C43H43N3O2S. The van der Waals surface area contributed by atoms with Gasteiger partial charge in [0.15, 0.2) is 0 Å². The van der Waals surface area contributed by atoms with Crippen molar-refractivity contribution in [2.24, 2.45) is 0 Å². The summed E-state index contributed by atoms with van der Waals surface area (Å²) in [4.78, 5) is 16.0. The molecule has 0 fully saturated rings. The molecule has 3 aromatic carbocycles. The molecule has 0 spiro atoms. The third-order valence-electron chi connectivity index (χ3n) is 10.0. The topological polar surface area (TPSA) is 61.0 Å². The summed E-state index contributed by atoms with van der Waals surface area (Å²) in [5.41, 5.74) is 10.4. The number of nitrogens with zero attached hydrogens (tertiary/aromatic N) is 3. The second-order valence-corrected chi connectivity index (χ2v) is 17.3. The van der Waals surface area contributed by atoms with Gasteiger partial charge in [0.1, 0.15) is 29.0 Å². The van der Waals surface area contributed by atoms with Gasteiger partial charge >= 0.3 is 0 Å². The highest BCUT2D eigenvalue weighted by Gasteiger charge is 2.33. The molecule has 1 aliphatic rings. The molecule has 248 valence electrons. The predicted octanol–water partition coefficient (Wildman–Crippen LogP) is 12.3. The van der Waals surface area contributed by atoms with Crippen LogP contribution in [0.2, 0.25) is 0 Å². The number of pyridine rings is 1. The fourth-order valence-corrected chi connectivity index (χ4v) is 8.65. The maximum absolute atomic E-state index is 6.88. The molecule has 8 rings (SSSR count). The SMILES string of the molecule is CC(C)(C)c1cc(Oc2cc(-c3ncnc4c5c(sc34)C(C)(C)CCC5)c3oc4ccccc4c3c2)cc(-c2cc(C(C)(C)C)ccn2)c1. The quantitative estimate of drug-likeness (QED) is 0.187. The number of fused-ring (bicyclic) bond motifs is 6. The van der Waals surface area contributed by atoms with Gasteiger partial charge in [0.25, 0.3) is 0 Å². The van der Waals surface area contributed by atoms with Gasteiger partial charge in [-0.1, -0.05) is 73.6 Å². The van der Waals surface area contributed by atoms with Crippen LogP contribution in [0.4, 0.5) is 0 Å². The standard InChI is InChI=1S/C43H43N3O2S/c1-41(2,3)26-15-17-44-34(21-26)25-18-27(42(4,5)6)20-28(19-25)47-29-22-32-30-12-9-10-14-35(30)48-38(32)33(23-29)37-39-36(45-24-46-37)31-13-11-16-43(7,8)40(31)49-39/h9-10,12,14-15,17-24H,11,13,16H2,1-8H3. The van der Waals surface area contributed by atoms with E-state index < -0.39 is 0 Å². The van der Waals surface area contributed by atoms with Crippen LogP contribution in [-0.4, -0.2) is 15.0 Å². The Hall–Kier alpha value is -4.55. The predicted molar refractivity (Wildman–Crippen MR) is 203 cm³/mol. The zero-order chi connectivity index (χ0) is 34.3. The average molecular weight is 666 g/mol. The first-order valence-corrected chi connectivity index (χ1v) is 18.1. The van der Waals surface area contributed by atoms with Crippen molar-refractivity contribution in [1.82, 2.24) is 15.0 Å². The normalized spacial score (nSPS) is 14.9. The molecule has 0 unspecified atom stereocenters. The zero-order valence-corrected chi connectivity index (χ0v) is 30.5. The van der Waals surface area contributed by atoms with Crippen LogP contribution in [-0.2, 0) is 22.7 Å². The van der Waals surface area contributed by atoms with E-state index in [9.17, 15) is 0 Å². The van der Waals surface area contributed by atoms with Crippen molar-refractivity contribution >= 4 is 43.5 Å². The number of hydrogen-bond donors (Lipinski definition) is 0. The van der Waals surface area contributed by atoms with E-state index >= 15 is 0 Å². The van der Waals surface area contributed by atoms with E-state index in [0.717, 1.165) is 72.6 Å². The van der Waals surface area contributed by atoms with E-state index in [1.54, 1.807) is 6.33 Å². The minimum absolute atomic E-state index is 0.0157. The number of furan rings is 1. The van der Waals surface area contributed by atoms with Crippen molar-refractivity contribution in [2.75, 3.05) is 0 Å². The van der Waals surface area contributed by atoms with E-state index in [0.29, 0.717) is 0 Å². The van der Waals surface area contributed by atoms with Crippen LogP contribution in [0.15, 0.2) is 83.7 Å². The number of thiophene rings is 1. The van der Waals surface area contributed by atoms with Crippen molar-refractivity contribution in [3.05, 3.63) is 101 Å². The minimum Gasteiger partial charge on any atom is -0.457 e. The summed E-state index contributed by atoms with van der Waals surface area (Å²) in [7, 11) is 0. The third-order valence-corrected chi connectivity index (χ3v) is 11.6. The fourth-order valence-electron chi connectivity index (χ4n) is 7.21. The number of ether oxygens (including phenoxy) is 1. The van der Waals surface area contributed by atoms with Crippen molar-refractivity contribution in [1.29, 1.82) is 0 Å². The lowest BCUT2D eigenvalue weighted by atomic mass is 9.78. The zero-order valence-electron chi connectivity index (χ0n) is 29.7. The van der Waals surface area contributed by atoms with Crippen LogP contribution in [0.3, 0.4) is 0 Å². The van der Waals surface area contributed by atoms with Gasteiger partial charge in [-0.2, -0.15) is 0 Å². The Balaban J connectivity index is 1.32. The summed E-state index contributed by atoms with van der Waals surface area (Å²) in [6.45, 7) is 18.1. The number of para-hydroxylation sites is 1. The van der Waals surface area contributed by atoms with Gasteiger partial charge in [-0.25, -0.2) is 9.97 Å².